The Morgan fingerprint density at radius 1 is 1.52 bits per heavy atom. The van der Waals surface area contributed by atoms with Crippen LogP contribution in [0.15, 0.2) is 29.4 Å². The molecule has 3 N–H and O–H groups in total. The lowest BCUT2D eigenvalue weighted by Crippen LogP contribution is -2.51. The molecule has 114 valence electrons. The number of rotatable bonds is 3. The fourth-order valence-electron chi connectivity index (χ4n) is 3.13. The number of hydrogen-bond acceptors (Lipinski definition) is 4. The van der Waals surface area contributed by atoms with Crippen molar-refractivity contribution in [3.63, 3.8) is 0 Å². The summed E-state index contributed by atoms with van der Waals surface area (Å²) in [6.45, 7) is 2.94. The van der Waals surface area contributed by atoms with E-state index in [0.717, 1.165) is 12.8 Å². The Balaban J connectivity index is 2.07. The molecule has 0 bridgehead atoms. The molecule has 0 aliphatic carbocycles. The summed E-state index contributed by atoms with van der Waals surface area (Å²) < 4.78 is 27.6. The fraction of sp³-hybridized carbons (Fsp3) is 0.500. The van der Waals surface area contributed by atoms with E-state index in [2.05, 4.69) is 16.9 Å². The Bertz CT molecular complexity index is 740. The number of fused-ring (bicyclic) bond motifs is 1. The summed E-state index contributed by atoms with van der Waals surface area (Å²) in [5, 5.41) is 0.631. The van der Waals surface area contributed by atoms with Gasteiger partial charge < -0.3 is 10.7 Å². The monoisotopic (exact) mass is 308 g/mol. The second kappa shape index (κ2) is 5.40. The number of aromatic amines is 1. The SMILES string of the molecule is CC1CCCN(S(=O)(=O)c2c[nH]c3ncccc23)C1CN. The maximum atomic E-state index is 13.0. The largest absolute Gasteiger partial charge is 0.345 e. The smallest absolute Gasteiger partial charge is 0.245 e. The van der Waals surface area contributed by atoms with Gasteiger partial charge >= 0.3 is 0 Å². The Labute approximate surface area is 124 Å². The first-order valence-corrected chi connectivity index (χ1v) is 8.63. The summed E-state index contributed by atoms with van der Waals surface area (Å²) in [5.74, 6) is 0.279. The predicted octanol–water partition coefficient (Wildman–Crippen LogP) is 1.31. The van der Waals surface area contributed by atoms with Crippen molar-refractivity contribution < 1.29 is 8.42 Å². The van der Waals surface area contributed by atoms with Gasteiger partial charge in [-0.15, -0.1) is 0 Å². The Morgan fingerprint density at radius 3 is 3.10 bits per heavy atom. The van der Waals surface area contributed by atoms with Crippen molar-refractivity contribution in [3.05, 3.63) is 24.5 Å². The van der Waals surface area contributed by atoms with Gasteiger partial charge in [-0.2, -0.15) is 4.31 Å². The number of nitrogens with zero attached hydrogens (tertiary/aromatic N) is 2. The number of aromatic nitrogens is 2. The highest BCUT2D eigenvalue weighted by Crippen LogP contribution is 2.31. The van der Waals surface area contributed by atoms with E-state index in [9.17, 15) is 8.42 Å². The van der Waals surface area contributed by atoms with Crippen LogP contribution in [-0.2, 0) is 10.0 Å². The molecular formula is C14H20N4O2S. The molecule has 1 aliphatic heterocycles. The van der Waals surface area contributed by atoms with Crippen LogP contribution < -0.4 is 5.73 Å². The zero-order valence-electron chi connectivity index (χ0n) is 12.0. The van der Waals surface area contributed by atoms with Crippen LogP contribution in [0.25, 0.3) is 11.0 Å². The van der Waals surface area contributed by atoms with Crippen molar-refractivity contribution in [1.29, 1.82) is 0 Å². The molecule has 0 aromatic carbocycles. The molecule has 6 nitrogen and oxygen atoms in total. The van der Waals surface area contributed by atoms with Crippen LogP contribution in [0.1, 0.15) is 19.8 Å². The molecule has 2 unspecified atom stereocenters. The van der Waals surface area contributed by atoms with Crippen LogP contribution in [0.2, 0.25) is 0 Å². The molecule has 0 spiro atoms. The number of piperidine rings is 1. The number of hydrogen-bond donors (Lipinski definition) is 2. The molecule has 0 saturated carbocycles. The normalized spacial score (nSPS) is 24.5. The highest BCUT2D eigenvalue weighted by Gasteiger charge is 2.37. The van der Waals surface area contributed by atoms with Gasteiger partial charge in [0.05, 0.1) is 0 Å². The van der Waals surface area contributed by atoms with E-state index in [0.29, 0.717) is 24.1 Å². The molecule has 7 heteroatoms. The van der Waals surface area contributed by atoms with E-state index in [1.54, 1.807) is 22.6 Å². The minimum Gasteiger partial charge on any atom is -0.345 e. The third-order valence-electron chi connectivity index (χ3n) is 4.31. The van der Waals surface area contributed by atoms with E-state index < -0.39 is 10.0 Å². The molecule has 1 aliphatic rings. The van der Waals surface area contributed by atoms with Crippen LogP contribution in [-0.4, -0.2) is 41.8 Å². The minimum atomic E-state index is -3.56. The fourth-order valence-corrected chi connectivity index (χ4v) is 5.05. The van der Waals surface area contributed by atoms with Gasteiger partial charge in [0.15, 0.2) is 0 Å². The molecule has 1 saturated heterocycles. The maximum absolute atomic E-state index is 13.0. The third kappa shape index (κ3) is 2.35. The van der Waals surface area contributed by atoms with Gasteiger partial charge in [-0.25, -0.2) is 13.4 Å². The van der Waals surface area contributed by atoms with Crippen LogP contribution in [0.4, 0.5) is 0 Å². The lowest BCUT2D eigenvalue weighted by atomic mass is 9.93. The molecule has 0 amide bonds. The minimum absolute atomic E-state index is 0.134. The summed E-state index contributed by atoms with van der Waals surface area (Å²) in [6, 6.07) is 3.38. The van der Waals surface area contributed by atoms with Crippen molar-refractivity contribution in [2.24, 2.45) is 11.7 Å². The number of pyridine rings is 1. The maximum Gasteiger partial charge on any atom is 0.245 e. The summed E-state index contributed by atoms with van der Waals surface area (Å²) >= 11 is 0. The molecule has 21 heavy (non-hydrogen) atoms. The second-order valence-corrected chi connectivity index (χ2v) is 7.45. The average molecular weight is 308 g/mol. The van der Waals surface area contributed by atoms with E-state index in [1.807, 2.05) is 0 Å². The quantitative estimate of drug-likeness (QED) is 0.894. The van der Waals surface area contributed by atoms with E-state index in [4.69, 9.17) is 5.73 Å². The zero-order chi connectivity index (χ0) is 15.0. The molecule has 2 atom stereocenters. The van der Waals surface area contributed by atoms with E-state index in [1.165, 1.54) is 6.20 Å². The standard InChI is InChI=1S/C14H20N4O2S/c1-10-4-3-7-18(12(10)8-15)21(19,20)13-9-17-14-11(13)5-2-6-16-14/h2,5-6,9-10,12H,3-4,7-8,15H2,1H3,(H,16,17). The average Bonchev–Trinajstić information content (AvgIpc) is 2.91. The van der Waals surface area contributed by atoms with Gasteiger partial charge in [0.1, 0.15) is 10.5 Å². The molecule has 0 radical (unpaired) electrons. The molecule has 3 rings (SSSR count). The number of H-pyrrole nitrogens is 1. The first-order chi connectivity index (χ1) is 10.1. The van der Waals surface area contributed by atoms with Crippen molar-refractivity contribution in [1.82, 2.24) is 14.3 Å². The van der Waals surface area contributed by atoms with Crippen molar-refractivity contribution in [3.8, 4) is 0 Å². The van der Waals surface area contributed by atoms with Crippen LogP contribution >= 0.6 is 0 Å². The zero-order valence-corrected chi connectivity index (χ0v) is 12.8. The van der Waals surface area contributed by atoms with E-state index in [-0.39, 0.29) is 16.9 Å². The van der Waals surface area contributed by atoms with Gasteiger partial charge in [-0.1, -0.05) is 6.92 Å². The van der Waals surface area contributed by atoms with E-state index >= 15 is 0 Å². The summed E-state index contributed by atoms with van der Waals surface area (Å²) in [7, 11) is -3.56. The molecular weight excluding hydrogens is 288 g/mol. The Morgan fingerprint density at radius 2 is 2.33 bits per heavy atom. The number of sulfonamides is 1. The first kappa shape index (κ1) is 14.5. The van der Waals surface area contributed by atoms with Crippen LogP contribution in [0.3, 0.4) is 0 Å². The number of nitrogens with one attached hydrogen (secondary N) is 1. The van der Waals surface area contributed by atoms with Crippen molar-refractivity contribution in [2.75, 3.05) is 13.1 Å². The van der Waals surface area contributed by atoms with Crippen molar-refractivity contribution in [2.45, 2.75) is 30.7 Å². The third-order valence-corrected chi connectivity index (χ3v) is 6.27. The van der Waals surface area contributed by atoms with Crippen LogP contribution in [0, 0.1) is 5.92 Å². The molecule has 3 heterocycles. The van der Waals surface area contributed by atoms with Gasteiger partial charge in [0.2, 0.25) is 10.0 Å². The predicted molar refractivity (Wildman–Crippen MR) is 81.2 cm³/mol. The lowest BCUT2D eigenvalue weighted by Gasteiger charge is -2.38. The van der Waals surface area contributed by atoms with Crippen molar-refractivity contribution >= 4 is 21.1 Å². The Hall–Kier alpha value is -1.44. The molecule has 2 aromatic heterocycles. The highest BCUT2D eigenvalue weighted by molar-refractivity contribution is 7.89. The number of nitrogens with two attached hydrogens (primary N) is 1. The van der Waals surface area contributed by atoms with Gasteiger partial charge in [0.25, 0.3) is 0 Å². The highest BCUT2D eigenvalue weighted by atomic mass is 32.2. The summed E-state index contributed by atoms with van der Waals surface area (Å²) in [5.41, 5.74) is 6.41. The Kier molecular flexibility index (Phi) is 3.73. The first-order valence-electron chi connectivity index (χ1n) is 7.19. The molecule has 1 fully saturated rings. The molecule has 2 aromatic rings. The van der Waals surface area contributed by atoms with Gasteiger partial charge in [-0.05, 0) is 30.9 Å². The van der Waals surface area contributed by atoms with Crippen LogP contribution in [0.5, 0.6) is 0 Å². The topological polar surface area (TPSA) is 92.1 Å². The van der Waals surface area contributed by atoms with Gasteiger partial charge in [-0.3, -0.25) is 0 Å². The van der Waals surface area contributed by atoms with Gasteiger partial charge in [0, 0.05) is 36.9 Å². The lowest BCUT2D eigenvalue weighted by molar-refractivity contribution is 0.192. The summed E-state index contributed by atoms with van der Waals surface area (Å²) in [6.07, 6.45) is 5.06. The second-order valence-electron chi connectivity index (χ2n) is 5.59. The summed E-state index contributed by atoms with van der Waals surface area (Å²) in [4.78, 5) is 7.37.